The molecule has 0 N–H and O–H groups in total. The number of carbonyl (C=O) groups is 1. The summed E-state index contributed by atoms with van der Waals surface area (Å²) in [5, 5.41) is 0.931. The number of sulfonamides is 1. The topological polar surface area (TPSA) is 79.8 Å². The van der Waals surface area contributed by atoms with E-state index in [2.05, 4.69) is 9.88 Å². The Morgan fingerprint density at radius 3 is 2.45 bits per heavy atom. The van der Waals surface area contributed by atoms with E-state index < -0.39 is 16.0 Å². The summed E-state index contributed by atoms with van der Waals surface area (Å²) in [4.78, 5) is 19.5. The zero-order chi connectivity index (χ0) is 23.0. The minimum absolute atomic E-state index is 0.0466. The molecule has 1 aliphatic carbocycles. The average Bonchev–Trinajstić information content (AvgIpc) is 3.24. The van der Waals surface area contributed by atoms with Crippen molar-refractivity contribution in [2.24, 2.45) is 0 Å². The molecule has 2 aromatic carbocycles. The minimum Gasteiger partial charge on any atom is -0.455 e. The first kappa shape index (κ1) is 22.3. The molecule has 5 rings (SSSR count). The number of nitrogens with zero attached hydrogens (tertiary/aromatic N) is 3. The van der Waals surface area contributed by atoms with Crippen LogP contribution in [0.3, 0.4) is 0 Å². The molecule has 2 heterocycles. The van der Waals surface area contributed by atoms with Crippen LogP contribution in [0.25, 0.3) is 10.2 Å². The van der Waals surface area contributed by atoms with Crippen molar-refractivity contribution < 1.29 is 17.9 Å². The highest BCUT2D eigenvalue weighted by atomic mass is 32.2. The number of anilines is 1. The van der Waals surface area contributed by atoms with Crippen LogP contribution < -0.4 is 4.90 Å². The van der Waals surface area contributed by atoms with E-state index in [0.29, 0.717) is 18.7 Å². The van der Waals surface area contributed by atoms with Gasteiger partial charge in [0.05, 0.1) is 33.8 Å². The van der Waals surface area contributed by atoms with Crippen LogP contribution in [0.4, 0.5) is 5.13 Å². The lowest BCUT2D eigenvalue weighted by atomic mass is 9.96. The summed E-state index contributed by atoms with van der Waals surface area (Å²) in [6.45, 7) is 1.20. The van der Waals surface area contributed by atoms with Gasteiger partial charge in [-0.05, 0) is 49.2 Å². The zero-order valence-electron chi connectivity index (χ0n) is 18.5. The van der Waals surface area contributed by atoms with Crippen molar-refractivity contribution in [3.8, 4) is 0 Å². The Hall–Kier alpha value is -2.49. The molecule has 0 radical (unpaired) electrons. The lowest BCUT2D eigenvalue weighted by molar-refractivity contribution is 0.0234. The fourth-order valence-corrected chi connectivity index (χ4v) is 6.85. The largest absolute Gasteiger partial charge is 0.455 e. The molecule has 0 unspecified atom stereocenters. The number of thiazole rings is 1. The minimum atomic E-state index is -3.58. The predicted octanol–water partition coefficient (Wildman–Crippen LogP) is 4.30. The third-order valence-corrected chi connectivity index (χ3v) is 9.55. The highest BCUT2D eigenvalue weighted by Gasteiger charge is 2.33. The zero-order valence-corrected chi connectivity index (χ0v) is 20.1. The maximum atomic E-state index is 13.0. The second kappa shape index (κ2) is 9.04. The van der Waals surface area contributed by atoms with Crippen LogP contribution in [0.1, 0.15) is 42.5 Å². The highest BCUT2D eigenvalue weighted by Crippen LogP contribution is 2.32. The van der Waals surface area contributed by atoms with Crippen LogP contribution in [0, 0.1) is 0 Å². The molecule has 1 aliphatic heterocycles. The van der Waals surface area contributed by atoms with Crippen LogP contribution in [-0.4, -0.2) is 56.0 Å². The van der Waals surface area contributed by atoms with Gasteiger partial charge in [-0.15, -0.1) is 0 Å². The van der Waals surface area contributed by atoms with Crippen molar-refractivity contribution in [1.82, 2.24) is 9.29 Å². The van der Waals surface area contributed by atoms with E-state index in [4.69, 9.17) is 4.74 Å². The van der Waals surface area contributed by atoms with Gasteiger partial charge in [-0.25, -0.2) is 18.2 Å². The van der Waals surface area contributed by atoms with Gasteiger partial charge in [-0.1, -0.05) is 42.7 Å². The first-order chi connectivity index (χ1) is 15.9. The van der Waals surface area contributed by atoms with E-state index >= 15 is 0 Å². The number of hydrogen-bond donors (Lipinski definition) is 0. The molecule has 2 aliphatic rings. The molecule has 7 nitrogen and oxygen atoms in total. The molecule has 33 heavy (non-hydrogen) atoms. The number of hydrogen-bond acceptors (Lipinski definition) is 7. The van der Waals surface area contributed by atoms with E-state index in [1.165, 1.54) is 35.0 Å². The van der Waals surface area contributed by atoms with Crippen LogP contribution in [0.2, 0.25) is 0 Å². The summed E-state index contributed by atoms with van der Waals surface area (Å²) >= 11 is 1.63. The molecule has 0 spiro atoms. The van der Waals surface area contributed by atoms with Crippen molar-refractivity contribution in [3.05, 3.63) is 54.1 Å². The van der Waals surface area contributed by atoms with Gasteiger partial charge in [-0.2, -0.15) is 4.31 Å². The lowest BCUT2D eigenvalue weighted by Crippen LogP contribution is -2.53. The third kappa shape index (κ3) is 4.49. The predicted molar refractivity (Wildman–Crippen MR) is 129 cm³/mol. The summed E-state index contributed by atoms with van der Waals surface area (Å²) in [5.41, 5.74) is 1.33. The molecule has 1 saturated heterocycles. The van der Waals surface area contributed by atoms with E-state index in [1.807, 2.05) is 24.3 Å². The SMILES string of the molecule is CN(C1CCCCC1)S(=O)(=O)c1ccc(C(=O)OC2CN(c3nc4ccccc4s3)C2)cc1. The number of esters is 1. The summed E-state index contributed by atoms with van der Waals surface area (Å²) in [6.07, 6.45) is 4.89. The summed E-state index contributed by atoms with van der Waals surface area (Å²) in [5.74, 6) is -0.437. The van der Waals surface area contributed by atoms with Crippen molar-refractivity contribution in [2.75, 3.05) is 25.0 Å². The molecule has 2 fully saturated rings. The highest BCUT2D eigenvalue weighted by molar-refractivity contribution is 7.89. The molecule has 174 valence electrons. The Morgan fingerprint density at radius 1 is 1.06 bits per heavy atom. The number of ether oxygens (including phenoxy) is 1. The molecule has 1 aromatic heterocycles. The molecular formula is C24H27N3O4S2. The molecule has 0 bridgehead atoms. The van der Waals surface area contributed by atoms with Gasteiger partial charge in [0, 0.05) is 13.1 Å². The van der Waals surface area contributed by atoms with Crippen molar-refractivity contribution in [1.29, 1.82) is 0 Å². The van der Waals surface area contributed by atoms with Crippen LogP contribution in [0.5, 0.6) is 0 Å². The number of rotatable bonds is 6. The molecule has 0 amide bonds. The monoisotopic (exact) mass is 485 g/mol. The fourth-order valence-electron chi connectivity index (χ4n) is 4.45. The van der Waals surface area contributed by atoms with Gasteiger partial charge in [-0.3, -0.25) is 0 Å². The first-order valence-electron chi connectivity index (χ1n) is 11.3. The maximum absolute atomic E-state index is 13.0. The molecule has 9 heteroatoms. The number of benzene rings is 2. The van der Waals surface area contributed by atoms with Crippen LogP contribution in [0.15, 0.2) is 53.4 Å². The average molecular weight is 486 g/mol. The number of para-hydroxylation sites is 1. The maximum Gasteiger partial charge on any atom is 0.338 e. The molecule has 3 aromatic rings. The van der Waals surface area contributed by atoms with Crippen molar-refractivity contribution >= 4 is 42.7 Å². The van der Waals surface area contributed by atoms with Gasteiger partial charge in [0.2, 0.25) is 10.0 Å². The van der Waals surface area contributed by atoms with Gasteiger partial charge in [0.15, 0.2) is 5.13 Å². The molecule has 0 atom stereocenters. The summed E-state index contributed by atoms with van der Waals surface area (Å²) in [6, 6.07) is 14.1. The smallest absolute Gasteiger partial charge is 0.338 e. The van der Waals surface area contributed by atoms with Gasteiger partial charge >= 0.3 is 5.97 Å². The van der Waals surface area contributed by atoms with E-state index in [9.17, 15) is 13.2 Å². The standard InChI is InChI=1S/C24H27N3O4S2/c1-26(18-7-3-2-4-8-18)33(29,30)20-13-11-17(12-14-20)23(28)31-19-15-27(16-19)24-25-21-9-5-6-10-22(21)32-24/h5-6,9-14,18-19H,2-4,7-8,15-16H2,1H3. The van der Waals surface area contributed by atoms with E-state index in [-0.39, 0.29) is 17.0 Å². The Balaban J connectivity index is 1.18. The first-order valence-corrected chi connectivity index (χ1v) is 13.6. The Morgan fingerprint density at radius 2 is 1.76 bits per heavy atom. The summed E-state index contributed by atoms with van der Waals surface area (Å²) in [7, 11) is -1.92. The van der Waals surface area contributed by atoms with E-state index in [0.717, 1.165) is 41.0 Å². The van der Waals surface area contributed by atoms with E-state index in [1.54, 1.807) is 18.4 Å². The number of fused-ring (bicyclic) bond motifs is 1. The Labute approximate surface area is 198 Å². The quantitative estimate of drug-likeness (QED) is 0.485. The summed E-state index contributed by atoms with van der Waals surface area (Å²) < 4.78 is 34.2. The second-order valence-electron chi connectivity index (χ2n) is 8.73. The normalized spacial score (nSPS) is 17.9. The van der Waals surface area contributed by atoms with Crippen LogP contribution >= 0.6 is 11.3 Å². The lowest BCUT2D eigenvalue weighted by Gasteiger charge is -2.38. The molecule has 1 saturated carbocycles. The van der Waals surface area contributed by atoms with Gasteiger partial charge in [0.25, 0.3) is 0 Å². The van der Waals surface area contributed by atoms with Gasteiger partial charge < -0.3 is 9.64 Å². The van der Waals surface area contributed by atoms with Crippen molar-refractivity contribution in [2.45, 2.75) is 49.1 Å². The number of carbonyl (C=O) groups excluding carboxylic acids is 1. The Kier molecular flexibility index (Phi) is 6.11. The van der Waals surface area contributed by atoms with Gasteiger partial charge in [0.1, 0.15) is 6.10 Å². The van der Waals surface area contributed by atoms with Crippen molar-refractivity contribution in [3.63, 3.8) is 0 Å². The number of aromatic nitrogens is 1. The fraction of sp³-hybridized carbons (Fsp3) is 0.417. The second-order valence-corrected chi connectivity index (χ2v) is 11.7. The van der Waals surface area contributed by atoms with Crippen LogP contribution in [-0.2, 0) is 14.8 Å². The Bertz CT molecular complexity index is 1210. The molecular weight excluding hydrogens is 458 g/mol. The third-order valence-electron chi connectivity index (χ3n) is 6.53.